The van der Waals surface area contributed by atoms with Crippen molar-refractivity contribution in [1.82, 2.24) is 15.2 Å². The molecule has 3 N–H and O–H groups in total. The van der Waals surface area contributed by atoms with Gasteiger partial charge in [0.05, 0.1) is 0 Å². The molecule has 0 aliphatic carbocycles. The summed E-state index contributed by atoms with van der Waals surface area (Å²) in [5, 5.41) is 12.9. The summed E-state index contributed by atoms with van der Waals surface area (Å²) in [5.41, 5.74) is 10.7. The third kappa shape index (κ3) is 3.29. The Labute approximate surface area is 154 Å². The maximum Gasteiger partial charge on any atom is 0.229 e. The van der Waals surface area contributed by atoms with Crippen LogP contribution in [-0.4, -0.2) is 15.2 Å². The van der Waals surface area contributed by atoms with Crippen molar-refractivity contribution in [3.8, 4) is 22.2 Å². The van der Waals surface area contributed by atoms with Crippen LogP contribution < -0.4 is 11.1 Å². The minimum atomic E-state index is 0.235. The number of aryl methyl sites for hydroxylation is 2. The van der Waals surface area contributed by atoms with E-state index < -0.39 is 0 Å². The molecule has 0 saturated heterocycles. The summed E-state index contributed by atoms with van der Waals surface area (Å²) in [7, 11) is 0. The van der Waals surface area contributed by atoms with Crippen molar-refractivity contribution in [3.63, 3.8) is 0 Å². The van der Waals surface area contributed by atoms with Crippen LogP contribution in [0.25, 0.3) is 22.2 Å². The molecule has 0 radical (unpaired) electrons. The number of nitrogens with zero attached hydrogens (tertiary/aromatic N) is 3. The van der Waals surface area contributed by atoms with E-state index in [4.69, 9.17) is 10.2 Å². The predicted molar refractivity (Wildman–Crippen MR) is 104 cm³/mol. The van der Waals surface area contributed by atoms with Crippen LogP contribution in [0.5, 0.6) is 0 Å². The summed E-state index contributed by atoms with van der Waals surface area (Å²) >= 11 is 1.37. The van der Waals surface area contributed by atoms with Crippen LogP contribution in [-0.2, 0) is 0 Å². The summed E-state index contributed by atoms with van der Waals surface area (Å²) in [4.78, 5) is 4.50. The van der Waals surface area contributed by atoms with Gasteiger partial charge in [-0.25, -0.2) is 4.98 Å². The van der Waals surface area contributed by atoms with E-state index in [0.29, 0.717) is 21.7 Å². The normalized spacial score (nSPS) is 10.8. The molecule has 0 fully saturated rings. The summed E-state index contributed by atoms with van der Waals surface area (Å²) in [6.07, 6.45) is 0. The van der Waals surface area contributed by atoms with Crippen LogP contribution in [0.2, 0.25) is 0 Å². The van der Waals surface area contributed by atoms with Gasteiger partial charge in [0.15, 0.2) is 10.7 Å². The van der Waals surface area contributed by atoms with Crippen molar-refractivity contribution in [2.75, 3.05) is 11.1 Å². The van der Waals surface area contributed by atoms with Gasteiger partial charge in [-0.3, -0.25) is 0 Å². The highest BCUT2D eigenvalue weighted by atomic mass is 32.1. The smallest absolute Gasteiger partial charge is 0.229 e. The van der Waals surface area contributed by atoms with Crippen molar-refractivity contribution >= 4 is 28.0 Å². The van der Waals surface area contributed by atoms with Crippen LogP contribution in [0.4, 0.5) is 16.7 Å². The Balaban J connectivity index is 1.59. The number of rotatable bonds is 4. The molecular weight excluding hydrogens is 346 g/mol. The average Bonchev–Trinajstić information content (AvgIpc) is 3.24. The molecular formula is C19H17N5OS. The lowest BCUT2D eigenvalue weighted by atomic mass is 10.1. The van der Waals surface area contributed by atoms with Crippen LogP contribution in [0.15, 0.2) is 52.9 Å². The summed E-state index contributed by atoms with van der Waals surface area (Å²) in [6.45, 7) is 4.08. The second-order valence-electron chi connectivity index (χ2n) is 6.00. The van der Waals surface area contributed by atoms with Crippen LogP contribution in [0.3, 0.4) is 0 Å². The molecule has 2 aromatic heterocycles. The molecule has 2 heterocycles. The molecule has 0 aliphatic heterocycles. The number of nitrogens with one attached hydrogen (secondary N) is 1. The summed E-state index contributed by atoms with van der Waals surface area (Å²) < 4.78 is 5.62. The fraction of sp³-hybridized carbons (Fsp3) is 0.105. The first-order valence-electron chi connectivity index (χ1n) is 8.09. The van der Waals surface area contributed by atoms with Crippen molar-refractivity contribution in [2.45, 2.75) is 13.8 Å². The Morgan fingerprint density at radius 3 is 2.27 bits per heavy atom. The molecule has 0 atom stereocenters. The van der Waals surface area contributed by atoms with E-state index in [1.165, 1.54) is 22.5 Å². The van der Waals surface area contributed by atoms with E-state index in [-0.39, 0.29) is 5.88 Å². The van der Waals surface area contributed by atoms with Gasteiger partial charge in [0.1, 0.15) is 0 Å². The van der Waals surface area contributed by atoms with Gasteiger partial charge in [0, 0.05) is 11.3 Å². The Morgan fingerprint density at radius 2 is 1.58 bits per heavy atom. The zero-order valence-electron chi connectivity index (χ0n) is 14.4. The lowest BCUT2D eigenvalue weighted by Crippen LogP contribution is -1.88. The van der Waals surface area contributed by atoms with E-state index in [1.807, 2.05) is 62.4 Å². The molecule has 4 rings (SSSR count). The Kier molecular flexibility index (Phi) is 4.14. The van der Waals surface area contributed by atoms with E-state index in [0.717, 1.165) is 11.3 Å². The minimum absolute atomic E-state index is 0.235. The highest BCUT2D eigenvalue weighted by Gasteiger charge is 2.18. The second-order valence-corrected chi connectivity index (χ2v) is 6.98. The number of oxazole rings is 1. The molecule has 2 aromatic carbocycles. The molecule has 0 amide bonds. The maximum atomic E-state index is 6.01. The quantitative estimate of drug-likeness (QED) is 0.541. The van der Waals surface area contributed by atoms with Gasteiger partial charge in [-0.15, -0.1) is 10.2 Å². The fourth-order valence-electron chi connectivity index (χ4n) is 2.43. The topological polar surface area (TPSA) is 89.9 Å². The third-order valence-corrected chi connectivity index (χ3v) is 4.73. The van der Waals surface area contributed by atoms with Crippen molar-refractivity contribution in [1.29, 1.82) is 0 Å². The summed E-state index contributed by atoms with van der Waals surface area (Å²) in [6, 6.07) is 16.0. The largest absolute Gasteiger partial charge is 0.420 e. The van der Waals surface area contributed by atoms with E-state index in [9.17, 15) is 0 Å². The van der Waals surface area contributed by atoms with Gasteiger partial charge < -0.3 is 15.5 Å². The van der Waals surface area contributed by atoms with Gasteiger partial charge in [-0.1, -0.05) is 46.7 Å². The lowest BCUT2D eigenvalue weighted by molar-refractivity contribution is 0.594. The Hall–Kier alpha value is -3.19. The molecule has 130 valence electrons. The first kappa shape index (κ1) is 16.3. The van der Waals surface area contributed by atoms with E-state index in [1.54, 1.807) is 0 Å². The van der Waals surface area contributed by atoms with Crippen molar-refractivity contribution in [3.05, 3.63) is 59.7 Å². The standard InChI is InChI=1S/C19H17N5OS/c1-11-3-7-13(8-4-11)17-22-15(16(20)25-17)18-23-24-19(26-18)21-14-9-5-12(2)6-10-14/h3-10H,20H2,1-2H3,(H,21,24). The van der Waals surface area contributed by atoms with Crippen LogP contribution >= 0.6 is 11.3 Å². The molecule has 7 heteroatoms. The zero-order chi connectivity index (χ0) is 18.1. The molecule has 6 nitrogen and oxygen atoms in total. The van der Waals surface area contributed by atoms with Crippen molar-refractivity contribution in [2.24, 2.45) is 0 Å². The zero-order valence-corrected chi connectivity index (χ0v) is 15.2. The van der Waals surface area contributed by atoms with E-state index in [2.05, 4.69) is 20.5 Å². The Bertz CT molecular complexity index is 1030. The average molecular weight is 363 g/mol. The molecule has 0 spiro atoms. The molecule has 0 saturated carbocycles. The molecule has 0 unspecified atom stereocenters. The lowest BCUT2D eigenvalue weighted by Gasteiger charge is -2.01. The third-order valence-electron chi connectivity index (χ3n) is 3.88. The molecule has 0 bridgehead atoms. The number of benzene rings is 2. The van der Waals surface area contributed by atoms with Crippen molar-refractivity contribution < 1.29 is 4.42 Å². The predicted octanol–water partition coefficient (Wildman–Crippen LogP) is 4.80. The SMILES string of the molecule is Cc1ccc(Nc2nnc(-c3nc(-c4ccc(C)cc4)oc3N)s2)cc1. The van der Waals surface area contributed by atoms with E-state index >= 15 is 0 Å². The highest BCUT2D eigenvalue weighted by molar-refractivity contribution is 7.18. The second kappa shape index (κ2) is 6.61. The number of hydrogen-bond acceptors (Lipinski definition) is 7. The first-order valence-corrected chi connectivity index (χ1v) is 8.91. The number of hydrogen-bond donors (Lipinski definition) is 2. The number of anilines is 3. The van der Waals surface area contributed by atoms with Gasteiger partial charge in [0.2, 0.25) is 16.9 Å². The summed E-state index contributed by atoms with van der Waals surface area (Å²) in [5.74, 6) is 0.708. The number of aromatic nitrogens is 3. The molecule has 26 heavy (non-hydrogen) atoms. The highest BCUT2D eigenvalue weighted by Crippen LogP contribution is 2.34. The number of nitrogen functional groups attached to an aromatic ring is 1. The van der Waals surface area contributed by atoms with Gasteiger partial charge in [-0.05, 0) is 38.1 Å². The minimum Gasteiger partial charge on any atom is -0.420 e. The maximum absolute atomic E-state index is 6.01. The van der Waals surface area contributed by atoms with Crippen LogP contribution in [0, 0.1) is 13.8 Å². The number of nitrogens with two attached hydrogens (primary N) is 1. The van der Waals surface area contributed by atoms with Gasteiger partial charge in [-0.2, -0.15) is 0 Å². The van der Waals surface area contributed by atoms with Gasteiger partial charge >= 0.3 is 0 Å². The van der Waals surface area contributed by atoms with Gasteiger partial charge in [0.25, 0.3) is 0 Å². The monoisotopic (exact) mass is 363 g/mol. The fourth-order valence-corrected chi connectivity index (χ4v) is 3.19. The Morgan fingerprint density at radius 1 is 0.923 bits per heavy atom. The first-order chi connectivity index (χ1) is 12.6. The van der Waals surface area contributed by atoms with Crippen LogP contribution in [0.1, 0.15) is 11.1 Å². The molecule has 4 aromatic rings. The molecule has 0 aliphatic rings.